The highest BCUT2D eigenvalue weighted by Gasteiger charge is 2.17. The lowest BCUT2D eigenvalue weighted by molar-refractivity contribution is -0.137. The average Bonchev–Trinajstić information content (AvgIpc) is 2.28. The molecule has 0 rings (SSSR count). The first-order valence-corrected chi connectivity index (χ1v) is 6.54. The predicted octanol–water partition coefficient (Wildman–Crippen LogP) is 2.67. The molecule has 1 atom stereocenters. The van der Waals surface area contributed by atoms with Crippen LogP contribution in [0, 0.1) is 0 Å². The summed E-state index contributed by atoms with van der Waals surface area (Å²) in [7, 11) is 0. The topological polar surface area (TPSA) is 57.6 Å². The van der Waals surface area contributed by atoms with Gasteiger partial charge in [-0.3, -0.25) is 9.59 Å². The van der Waals surface area contributed by atoms with Crippen LogP contribution in [0.15, 0.2) is 0 Å². The number of carbonyl (C=O) groups is 2. The Bertz CT molecular complexity index is 241. The zero-order chi connectivity index (χ0) is 13.3. The van der Waals surface area contributed by atoms with E-state index in [1.165, 1.54) is 0 Å². The van der Waals surface area contributed by atoms with Crippen molar-refractivity contribution in [1.29, 1.82) is 0 Å². The van der Waals surface area contributed by atoms with E-state index in [1.807, 2.05) is 11.8 Å². The first-order chi connectivity index (χ1) is 8.02. The number of carbonyl (C=O) groups excluding carboxylic acids is 1. The summed E-state index contributed by atoms with van der Waals surface area (Å²) in [4.78, 5) is 24.2. The zero-order valence-electron chi connectivity index (χ0n) is 11.2. The van der Waals surface area contributed by atoms with Crippen molar-refractivity contribution in [3.05, 3.63) is 0 Å². The maximum atomic E-state index is 12.0. The van der Waals surface area contributed by atoms with Gasteiger partial charge in [-0.25, -0.2) is 0 Å². The SMILES string of the molecule is CCCCN(C(=O)CCCC(=O)O)C(C)CC. The van der Waals surface area contributed by atoms with Gasteiger partial charge in [-0.2, -0.15) is 0 Å². The van der Waals surface area contributed by atoms with Gasteiger partial charge in [0.1, 0.15) is 0 Å². The molecule has 4 heteroatoms. The molecule has 0 saturated heterocycles. The maximum absolute atomic E-state index is 12.0. The third-order valence-corrected chi connectivity index (χ3v) is 2.98. The quantitative estimate of drug-likeness (QED) is 0.677. The smallest absolute Gasteiger partial charge is 0.303 e. The average molecular weight is 243 g/mol. The van der Waals surface area contributed by atoms with Crippen LogP contribution in [0.1, 0.15) is 59.3 Å². The second kappa shape index (κ2) is 9.02. The second-order valence-electron chi connectivity index (χ2n) is 4.45. The molecule has 0 radical (unpaired) electrons. The van der Waals surface area contributed by atoms with Gasteiger partial charge in [0.2, 0.25) is 5.91 Å². The Morgan fingerprint density at radius 3 is 2.29 bits per heavy atom. The monoisotopic (exact) mass is 243 g/mol. The van der Waals surface area contributed by atoms with Gasteiger partial charge in [-0.1, -0.05) is 20.3 Å². The molecule has 100 valence electrons. The number of amides is 1. The summed E-state index contributed by atoms with van der Waals surface area (Å²) in [5.74, 6) is -0.740. The third-order valence-electron chi connectivity index (χ3n) is 2.98. The van der Waals surface area contributed by atoms with Gasteiger partial charge in [-0.05, 0) is 26.2 Å². The van der Waals surface area contributed by atoms with E-state index in [2.05, 4.69) is 13.8 Å². The van der Waals surface area contributed by atoms with E-state index < -0.39 is 5.97 Å². The van der Waals surface area contributed by atoms with Crippen LogP contribution in [-0.4, -0.2) is 34.5 Å². The highest BCUT2D eigenvalue weighted by Crippen LogP contribution is 2.10. The predicted molar refractivity (Wildman–Crippen MR) is 67.9 cm³/mol. The van der Waals surface area contributed by atoms with Crippen molar-refractivity contribution in [3.8, 4) is 0 Å². The van der Waals surface area contributed by atoms with Gasteiger partial charge in [0.25, 0.3) is 0 Å². The third kappa shape index (κ3) is 6.97. The largest absolute Gasteiger partial charge is 0.481 e. The minimum Gasteiger partial charge on any atom is -0.481 e. The standard InChI is InChI=1S/C13H25NO3/c1-4-6-10-14(11(3)5-2)12(15)8-7-9-13(16)17/h11H,4-10H2,1-3H3,(H,16,17). The Balaban J connectivity index is 4.16. The molecule has 0 fully saturated rings. The Kier molecular flexibility index (Phi) is 8.46. The Morgan fingerprint density at radius 2 is 1.82 bits per heavy atom. The van der Waals surface area contributed by atoms with Crippen molar-refractivity contribution in [2.45, 2.75) is 65.3 Å². The normalized spacial score (nSPS) is 12.2. The molecule has 0 saturated carbocycles. The summed E-state index contributed by atoms with van der Waals surface area (Å²) in [5.41, 5.74) is 0. The lowest BCUT2D eigenvalue weighted by atomic mass is 10.1. The van der Waals surface area contributed by atoms with E-state index in [0.29, 0.717) is 12.8 Å². The molecule has 0 aromatic carbocycles. The summed E-state index contributed by atoms with van der Waals surface area (Å²) in [6.45, 7) is 7.00. The number of aliphatic carboxylic acids is 1. The molecule has 1 N–H and O–H groups in total. The van der Waals surface area contributed by atoms with Gasteiger partial charge in [0.15, 0.2) is 0 Å². The summed E-state index contributed by atoms with van der Waals surface area (Å²) < 4.78 is 0. The van der Waals surface area contributed by atoms with Gasteiger partial charge < -0.3 is 10.0 Å². The number of nitrogens with zero attached hydrogens (tertiary/aromatic N) is 1. The van der Waals surface area contributed by atoms with Crippen molar-refractivity contribution in [2.24, 2.45) is 0 Å². The van der Waals surface area contributed by atoms with E-state index in [9.17, 15) is 9.59 Å². The molecule has 0 heterocycles. The van der Waals surface area contributed by atoms with E-state index in [4.69, 9.17) is 5.11 Å². The summed E-state index contributed by atoms with van der Waals surface area (Å²) in [6.07, 6.45) is 3.88. The molecule has 0 aromatic rings. The van der Waals surface area contributed by atoms with Crippen LogP contribution >= 0.6 is 0 Å². The van der Waals surface area contributed by atoms with Gasteiger partial charge in [0.05, 0.1) is 0 Å². The Morgan fingerprint density at radius 1 is 1.18 bits per heavy atom. The van der Waals surface area contributed by atoms with Crippen molar-refractivity contribution in [1.82, 2.24) is 4.90 Å². The number of carboxylic acids is 1. The van der Waals surface area contributed by atoms with E-state index in [1.54, 1.807) is 0 Å². The molecule has 1 unspecified atom stereocenters. The number of unbranched alkanes of at least 4 members (excludes halogenated alkanes) is 1. The number of hydrogen-bond donors (Lipinski definition) is 1. The fraction of sp³-hybridized carbons (Fsp3) is 0.846. The summed E-state index contributed by atoms with van der Waals surface area (Å²) >= 11 is 0. The maximum Gasteiger partial charge on any atom is 0.303 e. The minimum atomic E-state index is -0.832. The molecule has 0 aliphatic heterocycles. The molecular weight excluding hydrogens is 218 g/mol. The van der Waals surface area contributed by atoms with Crippen LogP contribution < -0.4 is 0 Å². The molecule has 0 bridgehead atoms. The van der Waals surface area contributed by atoms with E-state index >= 15 is 0 Å². The van der Waals surface area contributed by atoms with Gasteiger partial charge >= 0.3 is 5.97 Å². The zero-order valence-corrected chi connectivity index (χ0v) is 11.2. The Hall–Kier alpha value is -1.06. The van der Waals surface area contributed by atoms with Crippen molar-refractivity contribution in [3.63, 3.8) is 0 Å². The van der Waals surface area contributed by atoms with E-state index in [-0.39, 0.29) is 18.4 Å². The number of carboxylic acid groups (broad SMARTS) is 1. The Labute approximate surface area is 104 Å². The second-order valence-corrected chi connectivity index (χ2v) is 4.45. The number of hydrogen-bond acceptors (Lipinski definition) is 2. The molecule has 0 aromatic heterocycles. The molecule has 4 nitrogen and oxygen atoms in total. The van der Waals surface area contributed by atoms with Crippen molar-refractivity contribution < 1.29 is 14.7 Å². The highest BCUT2D eigenvalue weighted by molar-refractivity contribution is 5.77. The van der Waals surface area contributed by atoms with Gasteiger partial charge in [0, 0.05) is 25.4 Å². The van der Waals surface area contributed by atoms with E-state index in [0.717, 1.165) is 25.8 Å². The summed E-state index contributed by atoms with van der Waals surface area (Å²) in [6, 6.07) is 0.249. The van der Waals surface area contributed by atoms with Crippen molar-refractivity contribution in [2.75, 3.05) is 6.54 Å². The molecular formula is C13H25NO3. The minimum absolute atomic E-state index is 0.0772. The van der Waals surface area contributed by atoms with Crippen LogP contribution in [0.5, 0.6) is 0 Å². The van der Waals surface area contributed by atoms with Crippen LogP contribution in [0.4, 0.5) is 0 Å². The van der Waals surface area contributed by atoms with Crippen LogP contribution in [0.3, 0.4) is 0 Å². The highest BCUT2D eigenvalue weighted by atomic mass is 16.4. The summed E-state index contributed by atoms with van der Waals surface area (Å²) in [5, 5.41) is 8.54. The lowest BCUT2D eigenvalue weighted by Gasteiger charge is -2.28. The fourth-order valence-corrected chi connectivity index (χ4v) is 1.67. The van der Waals surface area contributed by atoms with Crippen molar-refractivity contribution >= 4 is 11.9 Å². The number of rotatable bonds is 9. The molecule has 17 heavy (non-hydrogen) atoms. The van der Waals surface area contributed by atoms with Crippen LogP contribution in [0.25, 0.3) is 0 Å². The fourth-order valence-electron chi connectivity index (χ4n) is 1.67. The van der Waals surface area contributed by atoms with Crippen LogP contribution in [0.2, 0.25) is 0 Å². The molecule has 0 aliphatic carbocycles. The first kappa shape index (κ1) is 15.9. The lowest BCUT2D eigenvalue weighted by Crippen LogP contribution is -2.38. The molecule has 0 spiro atoms. The molecule has 1 amide bonds. The molecule has 0 aliphatic rings. The first-order valence-electron chi connectivity index (χ1n) is 6.54. The van der Waals surface area contributed by atoms with Gasteiger partial charge in [-0.15, -0.1) is 0 Å². The van der Waals surface area contributed by atoms with Crippen LogP contribution in [-0.2, 0) is 9.59 Å².